The lowest BCUT2D eigenvalue weighted by atomic mass is 10.0. The van der Waals surface area contributed by atoms with Crippen molar-refractivity contribution in [2.24, 2.45) is 11.8 Å². The molecular formula is C11H22N2. The van der Waals surface area contributed by atoms with Crippen LogP contribution in [0.1, 0.15) is 34.6 Å². The summed E-state index contributed by atoms with van der Waals surface area (Å²) in [6, 6.07) is 0. The van der Waals surface area contributed by atoms with Crippen molar-refractivity contribution in [3.63, 3.8) is 0 Å². The van der Waals surface area contributed by atoms with E-state index in [1.165, 1.54) is 11.4 Å². The van der Waals surface area contributed by atoms with Gasteiger partial charge in [0.15, 0.2) is 0 Å². The smallest absolute Gasteiger partial charge is 0.0954 e. The predicted molar refractivity (Wildman–Crippen MR) is 57.1 cm³/mol. The molecule has 1 atom stereocenters. The van der Waals surface area contributed by atoms with Crippen molar-refractivity contribution in [3.8, 4) is 0 Å². The highest BCUT2D eigenvalue weighted by atomic mass is 15.3. The Morgan fingerprint density at radius 1 is 1.15 bits per heavy atom. The second-order valence-corrected chi connectivity index (χ2v) is 4.54. The SMILES string of the molecule is CC(C)C1=C(C(C)C)N(C)C(C)N1. The van der Waals surface area contributed by atoms with E-state index in [9.17, 15) is 0 Å². The van der Waals surface area contributed by atoms with Crippen LogP contribution in [0.2, 0.25) is 0 Å². The molecular weight excluding hydrogens is 160 g/mol. The molecule has 0 aromatic heterocycles. The van der Waals surface area contributed by atoms with Crippen LogP contribution in [0, 0.1) is 11.8 Å². The Morgan fingerprint density at radius 3 is 2.00 bits per heavy atom. The molecule has 0 amide bonds. The predicted octanol–water partition coefficient (Wildman–Crippen LogP) is 2.39. The van der Waals surface area contributed by atoms with Crippen LogP contribution in [-0.2, 0) is 0 Å². The average Bonchev–Trinajstić information content (AvgIpc) is 2.28. The number of hydrogen-bond acceptors (Lipinski definition) is 2. The number of nitrogens with zero attached hydrogens (tertiary/aromatic N) is 1. The molecule has 1 N–H and O–H groups in total. The Hall–Kier alpha value is -0.660. The van der Waals surface area contributed by atoms with E-state index in [0.717, 1.165) is 0 Å². The van der Waals surface area contributed by atoms with Crippen LogP contribution in [0.5, 0.6) is 0 Å². The van der Waals surface area contributed by atoms with Crippen molar-refractivity contribution in [2.45, 2.75) is 40.8 Å². The van der Waals surface area contributed by atoms with Crippen LogP contribution in [-0.4, -0.2) is 18.1 Å². The van der Waals surface area contributed by atoms with E-state index >= 15 is 0 Å². The standard InChI is InChI=1S/C11H22N2/c1-7(2)10-11(8(3)4)13(6)9(5)12-10/h7-9,12H,1-6H3. The van der Waals surface area contributed by atoms with Crippen molar-refractivity contribution in [3.05, 3.63) is 11.4 Å². The van der Waals surface area contributed by atoms with Crippen molar-refractivity contribution in [1.29, 1.82) is 0 Å². The van der Waals surface area contributed by atoms with Crippen LogP contribution < -0.4 is 5.32 Å². The summed E-state index contributed by atoms with van der Waals surface area (Å²) in [7, 11) is 2.17. The highest BCUT2D eigenvalue weighted by Crippen LogP contribution is 2.28. The van der Waals surface area contributed by atoms with E-state index < -0.39 is 0 Å². The van der Waals surface area contributed by atoms with Gasteiger partial charge in [-0.25, -0.2) is 0 Å². The van der Waals surface area contributed by atoms with Crippen molar-refractivity contribution < 1.29 is 0 Å². The Bertz CT molecular complexity index is 216. The third-order valence-corrected chi connectivity index (χ3v) is 2.73. The van der Waals surface area contributed by atoms with Crippen LogP contribution in [0.3, 0.4) is 0 Å². The molecule has 2 nitrogen and oxygen atoms in total. The van der Waals surface area contributed by atoms with Gasteiger partial charge in [-0.1, -0.05) is 27.7 Å². The van der Waals surface area contributed by atoms with Crippen molar-refractivity contribution >= 4 is 0 Å². The highest BCUT2D eigenvalue weighted by Gasteiger charge is 2.27. The van der Waals surface area contributed by atoms with E-state index in [4.69, 9.17) is 0 Å². The fourth-order valence-corrected chi connectivity index (χ4v) is 1.98. The maximum absolute atomic E-state index is 3.54. The normalized spacial score (nSPS) is 23.4. The minimum atomic E-state index is 0.454. The van der Waals surface area contributed by atoms with E-state index in [-0.39, 0.29) is 0 Å². The minimum absolute atomic E-state index is 0.454. The maximum Gasteiger partial charge on any atom is 0.0954 e. The summed E-state index contributed by atoms with van der Waals surface area (Å²) in [6.07, 6.45) is 0.454. The Morgan fingerprint density at radius 2 is 1.69 bits per heavy atom. The zero-order valence-electron chi connectivity index (χ0n) is 9.68. The van der Waals surface area contributed by atoms with Crippen LogP contribution in [0.4, 0.5) is 0 Å². The van der Waals surface area contributed by atoms with E-state index in [2.05, 4.69) is 51.9 Å². The average molecular weight is 182 g/mol. The Balaban J connectivity index is 2.96. The summed E-state index contributed by atoms with van der Waals surface area (Å²) in [4.78, 5) is 2.35. The largest absolute Gasteiger partial charge is 0.367 e. The highest BCUT2D eigenvalue weighted by molar-refractivity contribution is 5.21. The molecule has 0 aliphatic carbocycles. The lowest BCUT2D eigenvalue weighted by Gasteiger charge is -2.23. The summed E-state index contributed by atoms with van der Waals surface area (Å²) in [6.45, 7) is 11.2. The summed E-state index contributed by atoms with van der Waals surface area (Å²) < 4.78 is 0. The molecule has 13 heavy (non-hydrogen) atoms. The minimum Gasteiger partial charge on any atom is -0.367 e. The molecule has 2 heteroatoms. The maximum atomic E-state index is 3.54. The molecule has 1 aliphatic rings. The molecule has 1 aliphatic heterocycles. The molecule has 0 saturated carbocycles. The van der Waals surface area contributed by atoms with Crippen molar-refractivity contribution in [2.75, 3.05) is 7.05 Å². The third-order valence-electron chi connectivity index (χ3n) is 2.73. The van der Waals surface area contributed by atoms with Gasteiger partial charge in [-0.15, -0.1) is 0 Å². The van der Waals surface area contributed by atoms with Gasteiger partial charge >= 0.3 is 0 Å². The summed E-state index contributed by atoms with van der Waals surface area (Å²) >= 11 is 0. The number of hydrogen-bond donors (Lipinski definition) is 1. The zero-order valence-corrected chi connectivity index (χ0v) is 9.68. The summed E-state index contributed by atoms with van der Waals surface area (Å²) in [5, 5.41) is 3.54. The van der Waals surface area contributed by atoms with Crippen LogP contribution >= 0.6 is 0 Å². The number of rotatable bonds is 2. The molecule has 1 rings (SSSR count). The molecule has 0 aromatic carbocycles. The molecule has 0 bridgehead atoms. The van der Waals surface area contributed by atoms with Gasteiger partial charge in [0.05, 0.1) is 6.17 Å². The lowest BCUT2D eigenvalue weighted by molar-refractivity contribution is 0.309. The Kier molecular flexibility index (Phi) is 2.89. The second kappa shape index (κ2) is 3.60. The number of allylic oxidation sites excluding steroid dienone is 2. The Labute approximate surface area is 82.0 Å². The summed E-state index contributed by atoms with van der Waals surface area (Å²) in [5.41, 5.74) is 2.90. The molecule has 0 spiro atoms. The van der Waals surface area contributed by atoms with E-state index in [1.54, 1.807) is 0 Å². The molecule has 1 unspecified atom stereocenters. The second-order valence-electron chi connectivity index (χ2n) is 4.54. The number of nitrogens with one attached hydrogen (secondary N) is 1. The van der Waals surface area contributed by atoms with Gasteiger partial charge in [-0.05, 0) is 18.8 Å². The van der Waals surface area contributed by atoms with Gasteiger partial charge in [0.2, 0.25) is 0 Å². The third kappa shape index (κ3) is 1.82. The van der Waals surface area contributed by atoms with Crippen LogP contribution in [0.15, 0.2) is 11.4 Å². The molecule has 0 radical (unpaired) electrons. The van der Waals surface area contributed by atoms with Gasteiger partial charge in [0, 0.05) is 18.4 Å². The monoisotopic (exact) mass is 182 g/mol. The molecule has 0 saturated heterocycles. The van der Waals surface area contributed by atoms with E-state index in [0.29, 0.717) is 18.0 Å². The molecule has 0 fully saturated rings. The van der Waals surface area contributed by atoms with Gasteiger partial charge in [-0.3, -0.25) is 0 Å². The fourth-order valence-electron chi connectivity index (χ4n) is 1.98. The quantitative estimate of drug-likeness (QED) is 0.705. The van der Waals surface area contributed by atoms with Gasteiger partial charge < -0.3 is 10.2 Å². The van der Waals surface area contributed by atoms with E-state index in [1.807, 2.05) is 0 Å². The zero-order chi connectivity index (χ0) is 10.2. The van der Waals surface area contributed by atoms with Crippen molar-refractivity contribution in [1.82, 2.24) is 10.2 Å². The molecule has 76 valence electrons. The first-order valence-electron chi connectivity index (χ1n) is 5.18. The molecule has 1 heterocycles. The van der Waals surface area contributed by atoms with Gasteiger partial charge in [0.25, 0.3) is 0 Å². The topological polar surface area (TPSA) is 15.3 Å². The molecule has 0 aromatic rings. The van der Waals surface area contributed by atoms with Gasteiger partial charge in [0.1, 0.15) is 0 Å². The first-order valence-corrected chi connectivity index (χ1v) is 5.18. The lowest BCUT2D eigenvalue weighted by Crippen LogP contribution is -2.32. The summed E-state index contributed by atoms with van der Waals surface area (Å²) in [5.74, 6) is 1.21. The van der Waals surface area contributed by atoms with Crippen LogP contribution in [0.25, 0.3) is 0 Å². The fraction of sp³-hybridized carbons (Fsp3) is 0.818. The van der Waals surface area contributed by atoms with Gasteiger partial charge in [-0.2, -0.15) is 0 Å². The first-order chi connectivity index (χ1) is 5.95. The first kappa shape index (κ1) is 10.4.